The van der Waals surface area contributed by atoms with Gasteiger partial charge in [0.2, 0.25) is 5.79 Å². The number of hydrogen-bond acceptors (Lipinski definition) is 4. The van der Waals surface area contributed by atoms with Gasteiger partial charge < -0.3 is 13.9 Å². The normalized spacial score (nSPS) is 21.3. The van der Waals surface area contributed by atoms with Crippen LogP contribution in [0, 0.1) is 0 Å². The van der Waals surface area contributed by atoms with Crippen LogP contribution in [0.5, 0.6) is 0 Å². The predicted octanol–water partition coefficient (Wildman–Crippen LogP) is 4.56. The first-order valence-electron chi connectivity index (χ1n) is 11.5. The molecular formula is C26H34O4Si. The molecule has 4 rings (SSSR count). The van der Waals surface area contributed by atoms with Crippen molar-refractivity contribution in [3.63, 3.8) is 0 Å². The highest BCUT2D eigenvalue weighted by molar-refractivity contribution is 6.99. The van der Waals surface area contributed by atoms with E-state index < -0.39 is 20.2 Å². The van der Waals surface area contributed by atoms with Crippen molar-refractivity contribution in [1.29, 1.82) is 0 Å². The molecule has 1 saturated carbocycles. The fraction of sp³-hybridized carbons (Fsp3) is 0.500. The Morgan fingerprint density at radius 1 is 0.935 bits per heavy atom. The molecule has 1 aliphatic carbocycles. The third-order valence-electron chi connectivity index (χ3n) is 6.64. The number of rotatable bonds is 6. The van der Waals surface area contributed by atoms with E-state index in [1.165, 1.54) is 16.8 Å². The number of carbonyl (C=O) groups is 1. The molecular weight excluding hydrogens is 404 g/mol. The Kier molecular flexibility index (Phi) is 6.38. The maximum absolute atomic E-state index is 12.5. The second-order valence-corrected chi connectivity index (χ2v) is 14.1. The third-order valence-corrected chi connectivity index (χ3v) is 11.7. The minimum atomic E-state index is -2.60. The Morgan fingerprint density at radius 2 is 1.48 bits per heavy atom. The smallest absolute Gasteiger partial charge is 0.338 e. The van der Waals surface area contributed by atoms with Crippen molar-refractivity contribution in [2.24, 2.45) is 0 Å². The Hall–Kier alpha value is -1.95. The van der Waals surface area contributed by atoms with Crippen molar-refractivity contribution in [2.45, 2.75) is 76.2 Å². The van der Waals surface area contributed by atoms with Gasteiger partial charge in [0, 0.05) is 25.9 Å². The zero-order valence-electron chi connectivity index (χ0n) is 18.9. The van der Waals surface area contributed by atoms with Gasteiger partial charge in [-0.15, -0.1) is 0 Å². The standard InChI is InChI=1S/C26H34O4Si/c1-25(2,3)31(21-13-7-4-8-14-21,22-15-9-5-10-16-22)28-20-17-23-24(27)30-26(29-23)18-11-6-12-19-26/h4-5,7-10,13-16,23H,6,11-12,17-20H2,1-3H3/t23-/m0/s1. The summed E-state index contributed by atoms with van der Waals surface area (Å²) in [6.07, 6.45) is 4.90. The van der Waals surface area contributed by atoms with Gasteiger partial charge in [-0.25, -0.2) is 4.79 Å². The van der Waals surface area contributed by atoms with E-state index in [9.17, 15) is 4.79 Å². The Balaban J connectivity index is 1.57. The van der Waals surface area contributed by atoms with Gasteiger partial charge in [0.25, 0.3) is 8.32 Å². The summed E-state index contributed by atoms with van der Waals surface area (Å²) in [5, 5.41) is 2.40. The molecule has 2 aromatic rings. The summed E-state index contributed by atoms with van der Waals surface area (Å²) in [6, 6.07) is 21.1. The van der Waals surface area contributed by atoms with Crippen LogP contribution in [0.4, 0.5) is 0 Å². The molecule has 1 spiro atoms. The lowest BCUT2D eigenvalue weighted by molar-refractivity contribution is -0.192. The molecule has 1 atom stereocenters. The summed E-state index contributed by atoms with van der Waals surface area (Å²) in [6.45, 7) is 7.24. The van der Waals surface area contributed by atoms with Gasteiger partial charge in [-0.3, -0.25) is 0 Å². The molecule has 1 aliphatic heterocycles. The molecule has 0 N–H and O–H groups in total. The summed E-state index contributed by atoms with van der Waals surface area (Å²) >= 11 is 0. The fourth-order valence-electron chi connectivity index (χ4n) is 5.15. The van der Waals surface area contributed by atoms with Crippen molar-refractivity contribution in [1.82, 2.24) is 0 Å². The van der Waals surface area contributed by atoms with Gasteiger partial charge in [-0.1, -0.05) is 87.9 Å². The lowest BCUT2D eigenvalue weighted by Crippen LogP contribution is -2.66. The quantitative estimate of drug-likeness (QED) is 0.490. The lowest BCUT2D eigenvalue weighted by atomic mass is 9.94. The van der Waals surface area contributed by atoms with Crippen LogP contribution in [-0.2, 0) is 18.7 Å². The molecule has 1 heterocycles. The number of benzene rings is 2. The van der Waals surface area contributed by atoms with E-state index in [1.54, 1.807) is 0 Å². The SMILES string of the molecule is CC(C)(C)[Si](OCC[C@@H]1OC2(CCCCC2)OC1=O)(c1ccccc1)c1ccccc1. The van der Waals surface area contributed by atoms with E-state index >= 15 is 0 Å². The van der Waals surface area contributed by atoms with Gasteiger partial charge in [0.05, 0.1) is 0 Å². The molecule has 0 unspecified atom stereocenters. The largest absolute Gasteiger partial charge is 0.431 e. The maximum atomic E-state index is 12.5. The predicted molar refractivity (Wildman–Crippen MR) is 125 cm³/mol. The van der Waals surface area contributed by atoms with Crippen molar-refractivity contribution < 1.29 is 18.7 Å². The highest BCUT2D eigenvalue weighted by atomic mass is 28.4. The van der Waals surface area contributed by atoms with Crippen molar-refractivity contribution >= 4 is 24.7 Å². The summed E-state index contributed by atoms with van der Waals surface area (Å²) in [4.78, 5) is 12.5. The first kappa shape index (κ1) is 22.2. The number of carbonyl (C=O) groups excluding carboxylic acids is 1. The second kappa shape index (κ2) is 8.89. The zero-order chi connectivity index (χ0) is 22.0. The Labute approximate surface area is 187 Å². The molecule has 2 aliphatic rings. The van der Waals surface area contributed by atoms with Gasteiger partial charge >= 0.3 is 5.97 Å². The Morgan fingerprint density at radius 3 is 2.00 bits per heavy atom. The van der Waals surface area contributed by atoms with Crippen LogP contribution in [0.3, 0.4) is 0 Å². The maximum Gasteiger partial charge on any atom is 0.338 e. The first-order valence-corrected chi connectivity index (χ1v) is 13.4. The van der Waals surface area contributed by atoms with E-state index in [0.29, 0.717) is 13.0 Å². The lowest BCUT2D eigenvalue weighted by Gasteiger charge is -2.43. The van der Waals surface area contributed by atoms with E-state index in [2.05, 4.69) is 69.3 Å². The van der Waals surface area contributed by atoms with E-state index in [4.69, 9.17) is 13.9 Å². The molecule has 31 heavy (non-hydrogen) atoms. The van der Waals surface area contributed by atoms with Crippen LogP contribution in [0.25, 0.3) is 0 Å². The van der Waals surface area contributed by atoms with Crippen LogP contribution in [-0.4, -0.2) is 32.8 Å². The highest BCUT2D eigenvalue weighted by Gasteiger charge is 2.51. The van der Waals surface area contributed by atoms with Crippen LogP contribution in [0.15, 0.2) is 60.7 Å². The second-order valence-electron chi connectivity index (χ2n) is 9.80. The molecule has 2 aromatic carbocycles. The molecule has 5 heteroatoms. The third kappa shape index (κ3) is 4.36. The number of esters is 1. The fourth-order valence-corrected chi connectivity index (χ4v) is 9.73. The molecule has 1 saturated heterocycles. The number of ether oxygens (including phenoxy) is 2. The summed E-state index contributed by atoms with van der Waals surface area (Å²) in [5.41, 5.74) is 0. The first-order chi connectivity index (χ1) is 14.9. The van der Waals surface area contributed by atoms with E-state index in [-0.39, 0.29) is 11.0 Å². The average molecular weight is 439 g/mol. The van der Waals surface area contributed by atoms with Gasteiger partial charge in [-0.05, 0) is 28.3 Å². The molecule has 0 bridgehead atoms. The van der Waals surface area contributed by atoms with Gasteiger partial charge in [-0.2, -0.15) is 0 Å². The minimum Gasteiger partial charge on any atom is -0.431 e. The Bertz CT molecular complexity index is 830. The van der Waals surface area contributed by atoms with Gasteiger partial charge in [0.1, 0.15) is 0 Å². The summed E-state index contributed by atoms with van der Waals surface area (Å²) in [5.74, 6) is -0.912. The molecule has 4 nitrogen and oxygen atoms in total. The number of hydrogen-bond donors (Lipinski definition) is 0. The average Bonchev–Trinajstić information content (AvgIpc) is 3.06. The minimum absolute atomic E-state index is 0.0860. The summed E-state index contributed by atoms with van der Waals surface area (Å²) in [7, 11) is -2.60. The van der Waals surface area contributed by atoms with Crippen LogP contribution in [0.2, 0.25) is 5.04 Å². The zero-order valence-corrected chi connectivity index (χ0v) is 19.9. The van der Waals surface area contributed by atoms with Gasteiger partial charge in [0.15, 0.2) is 6.10 Å². The highest BCUT2D eigenvalue weighted by Crippen LogP contribution is 2.40. The van der Waals surface area contributed by atoms with Crippen LogP contribution >= 0.6 is 0 Å². The van der Waals surface area contributed by atoms with E-state index in [0.717, 1.165) is 25.7 Å². The molecule has 2 fully saturated rings. The van der Waals surface area contributed by atoms with E-state index in [1.807, 2.05) is 12.1 Å². The molecule has 0 amide bonds. The van der Waals surface area contributed by atoms with Crippen LogP contribution < -0.4 is 10.4 Å². The van der Waals surface area contributed by atoms with Crippen molar-refractivity contribution in [3.8, 4) is 0 Å². The summed E-state index contributed by atoms with van der Waals surface area (Å²) < 4.78 is 18.8. The molecule has 0 aromatic heterocycles. The monoisotopic (exact) mass is 438 g/mol. The molecule has 166 valence electrons. The molecule has 0 radical (unpaired) electrons. The van der Waals surface area contributed by atoms with Crippen LogP contribution in [0.1, 0.15) is 59.3 Å². The van der Waals surface area contributed by atoms with Crippen molar-refractivity contribution in [2.75, 3.05) is 6.61 Å². The van der Waals surface area contributed by atoms with Crippen molar-refractivity contribution in [3.05, 3.63) is 60.7 Å². The topological polar surface area (TPSA) is 44.8 Å².